The minimum Gasteiger partial charge on any atom is -0.456 e. The van der Waals surface area contributed by atoms with Crippen molar-refractivity contribution in [3.05, 3.63) is 41.4 Å². The number of hydrogen-bond acceptors (Lipinski definition) is 1. The fourth-order valence-corrected chi connectivity index (χ4v) is 2.05. The molecule has 0 fully saturated rings. The zero-order chi connectivity index (χ0) is 10.4. The van der Waals surface area contributed by atoms with E-state index in [1.165, 1.54) is 0 Å². The summed E-state index contributed by atoms with van der Waals surface area (Å²) in [5.41, 5.74) is 2.19. The molecule has 0 atom stereocenters. The van der Waals surface area contributed by atoms with Crippen molar-refractivity contribution in [2.24, 2.45) is 0 Å². The van der Waals surface area contributed by atoms with Crippen LogP contribution in [0, 0.1) is 0 Å². The number of halogens is 1. The van der Waals surface area contributed by atoms with Crippen molar-refractivity contribution in [2.45, 2.75) is 0 Å². The maximum atomic E-state index is 6.16. The lowest BCUT2D eigenvalue weighted by Gasteiger charge is -1.98. The second-order valence-electron chi connectivity index (χ2n) is 3.44. The fourth-order valence-electron chi connectivity index (χ4n) is 1.79. The van der Waals surface area contributed by atoms with Gasteiger partial charge in [0.1, 0.15) is 19.0 Å². The molecule has 0 amide bonds. The van der Waals surface area contributed by atoms with E-state index >= 15 is 0 Å². The third kappa shape index (κ3) is 1.18. The van der Waals surface area contributed by atoms with Gasteiger partial charge in [-0.3, -0.25) is 0 Å². The summed E-state index contributed by atoms with van der Waals surface area (Å²) in [4.78, 5) is 0. The van der Waals surface area contributed by atoms with Crippen LogP contribution in [0.4, 0.5) is 0 Å². The van der Waals surface area contributed by atoms with Gasteiger partial charge in [0.15, 0.2) is 0 Å². The Bertz CT molecular complexity index is 657. The van der Waals surface area contributed by atoms with E-state index in [2.05, 4.69) is 0 Å². The highest BCUT2D eigenvalue weighted by Crippen LogP contribution is 2.32. The molecular formula is C12H6BClO. The van der Waals surface area contributed by atoms with Crippen LogP contribution >= 0.6 is 11.6 Å². The molecule has 2 aromatic carbocycles. The van der Waals surface area contributed by atoms with Crippen molar-refractivity contribution in [1.82, 2.24) is 0 Å². The quantitative estimate of drug-likeness (QED) is 0.522. The van der Waals surface area contributed by atoms with Crippen LogP contribution < -0.4 is 5.46 Å². The summed E-state index contributed by atoms with van der Waals surface area (Å²) < 4.78 is 5.65. The number of para-hydroxylation sites is 1. The van der Waals surface area contributed by atoms with Crippen molar-refractivity contribution >= 4 is 46.8 Å². The molecule has 0 N–H and O–H groups in total. The Morgan fingerprint density at radius 1 is 1.00 bits per heavy atom. The van der Waals surface area contributed by atoms with Crippen LogP contribution in [0.2, 0.25) is 5.02 Å². The van der Waals surface area contributed by atoms with E-state index in [1.54, 1.807) is 6.07 Å². The Labute approximate surface area is 93.0 Å². The topological polar surface area (TPSA) is 13.1 Å². The summed E-state index contributed by atoms with van der Waals surface area (Å²) in [5.74, 6) is 0. The molecule has 70 valence electrons. The summed E-state index contributed by atoms with van der Waals surface area (Å²) in [6.45, 7) is 0. The van der Waals surface area contributed by atoms with E-state index in [0.717, 1.165) is 21.9 Å². The Hall–Kier alpha value is -1.41. The van der Waals surface area contributed by atoms with Crippen molar-refractivity contribution in [3.63, 3.8) is 0 Å². The molecule has 0 saturated heterocycles. The minimum absolute atomic E-state index is 0.567. The second kappa shape index (κ2) is 3.04. The molecule has 0 spiro atoms. The van der Waals surface area contributed by atoms with Gasteiger partial charge in [-0.2, -0.15) is 0 Å². The van der Waals surface area contributed by atoms with E-state index in [-0.39, 0.29) is 0 Å². The number of benzene rings is 2. The van der Waals surface area contributed by atoms with Gasteiger partial charge in [0.25, 0.3) is 0 Å². The van der Waals surface area contributed by atoms with Gasteiger partial charge in [-0.05, 0) is 12.1 Å². The fraction of sp³-hybridized carbons (Fsp3) is 0. The molecule has 0 saturated carbocycles. The highest BCUT2D eigenvalue weighted by atomic mass is 35.5. The SMILES string of the molecule is [B]c1ccc2oc3ccccc3c2c1Cl. The van der Waals surface area contributed by atoms with E-state index in [9.17, 15) is 0 Å². The van der Waals surface area contributed by atoms with E-state index in [4.69, 9.17) is 23.9 Å². The molecule has 0 unspecified atom stereocenters. The van der Waals surface area contributed by atoms with Crippen LogP contribution in [0.5, 0.6) is 0 Å². The summed E-state index contributed by atoms with van der Waals surface area (Å²) in [7, 11) is 5.76. The van der Waals surface area contributed by atoms with E-state index < -0.39 is 0 Å². The van der Waals surface area contributed by atoms with E-state index in [0.29, 0.717) is 10.5 Å². The lowest BCUT2D eigenvalue weighted by molar-refractivity contribution is 0.669. The van der Waals surface area contributed by atoms with Crippen molar-refractivity contribution < 1.29 is 4.42 Å². The first-order chi connectivity index (χ1) is 7.27. The number of hydrogen-bond donors (Lipinski definition) is 0. The van der Waals surface area contributed by atoms with Crippen LogP contribution in [-0.4, -0.2) is 7.85 Å². The van der Waals surface area contributed by atoms with Gasteiger partial charge >= 0.3 is 0 Å². The molecule has 15 heavy (non-hydrogen) atoms. The van der Waals surface area contributed by atoms with Crippen molar-refractivity contribution in [1.29, 1.82) is 0 Å². The van der Waals surface area contributed by atoms with Gasteiger partial charge in [0.2, 0.25) is 0 Å². The molecule has 3 heteroatoms. The standard InChI is InChI=1S/C12H6BClO/c13-8-5-6-10-11(12(8)14)7-3-1-2-4-9(7)15-10/h1-6H. The van der Waals surface area contributed by atoms with Gasteiger partial charge in [0.05, 0.1) is 0 Å². The largest absolute Gasteiger partial charge is 0.456 e. The third-order valence-corrected chi connectivity index (χ3v) is 2.92. The van der Waals surface area contributed by atoms with Crippen molar-refractivity contribution in [2.75, 3.05) is 0 Å². The molecule has 0 aliphatic carbocycles. The lowest BCUT2D eigenvalue weighted by atomic mass is 9.94. The molecule has 1 nitrogen and oxygen atoms in total. The third-order valence-electron chi connectivity index (χ3n) is 2.51. The first-order valence-corrected chi connectivity index (χ1v) is 5.00. The minimum atomic E-state index is 0.567. The zero-order valence-corrected chi connectivity index (χ0v) is 8.58. The van der Waals surface area contributed by atoms with Crippen LogP contribution in [0.15, 0.2) is 40.8 Å². The summed E-state index contributed by atoms with van der Waals surface area (Å²) in [6.07, 6.45) is 0. The molecule has 1 aromatic heterocycles. The summed E-state index contributed by atoms with van der Waals surface area (Å²) >= 11 is 6.16. The zero-order valence-electron chi connectivity index (χ0n) is 7.83. The van der Waals surface area contributed by atoms with Crippen LogP contribution in [-0.2, 0) is 0 Å². The van der Waals surface area contributed by atoms with Crippen LogP contribution in [0.25, 0.3) is 21.9 Å². The Kier molecular flexibility index (Phi) is 1.80. The highest BCUT2D eigenvalue weighted by molar-refractivity contribution is 6.49. The lowest BCUT2D eigenvalue weighted by Crippen LogP contribution is -2.02. The molecule has 0 aliphatic heterocycles. The van der Waals surface area contributed by atoms with E-state index in [1.807, 2.05) is 30.3 Å². The monoisotopic (exact) mass is 212 g/mol. The summed E-state index contributed by atoms with van der Waals surface area (Å²) in [6, 6.07) is 11.4. The summed E-state index contributed by atoms with van der Waals surface area (Å²) in [5, 5.41) is 2.47. The van der Waals surface area contributed by atoms with Crippen LogP contribution in [0.3, 0.4) is 0 Å². The highest BCUT2D eigenvalue weighted by Gasteiger charge is 2.10. The predicted molar refractivity (Wildman–Crippen MR) is 64.1 cm³/mol. The Morgan fingerprint density at radius 3 is 2.67 bits per heavy atom. The maximum Gasteiger partial charge on any atom is 0.136 e. The van der Waals surface area contributed by atoms with Gasteiger partial charge in [0, 0.05) is 15.8 Å². The normalized spacial score (nSPS) is 11.3. The molecule has 1 heterocycles. The van der Waals surface area contributed by atoms with Gasteiger partial charge < -0.3 is 4.42 Å². The predicted octanol–water partition coefficient (Wildman–Crippen LogP) is 3.03. The maximum absolute atomic E-state index is 6.16. The number of fused-ring (bicyclic) bond motifs is 3. The average Bonchev–Trinajstić information content (AvgIpc) is 2.62. The molecule has 0 bridgehead atoms. The number of furan rings is 1. The Balaban J connectivity index is 2.63. The Morgan fingerprint density at radius 2 is 1.80 bits per heavy atom. The van der Waals surface area contributed by atoms with Crippen LogP contribution in [0.1, 0.15) is 0 Å². The smallest absolute Gasteiger partial charge is 0.136 e. The van der Waals surface area contributed by atoms with Crippen molar-refractivity contribution in [3.8, 4) is 0 Å². The molecule has 3 rings (SSSR count). The molecule has 0 aliphatic rings. The number of rotatable bonds is 0. The van der Waals surface area contributed by atoms with Gasteiger partial charge in [-0.25, -0.2) is 0 Å². The van der Waals surface area contributed by atoms with Gasteiger partial charge in [-0.15, -0.1) is 0 Å². The molecule has 2 radical (unpaired) electrons. The molecule has 3 aromatic rings. The first-order valence-electron chi connectivity index (χ1n) is 4.62. The van der Waals surface area contributed by atoms with Gasteiger partial charge in [-0.1, -0.05) is 41.3 Å². The molecular weight excluding hydrogens is 206 g/mol. The first kappa shape index (κ1) is 8.87. The average molecular weight is 212 g/mol. The second-order valence-corrected chi connectivity index (χ2v) is 3.82.